The number of carbonyl (C=O) groups is 3. The topological polar surface area (TPSA) is 130 Å². The fraction of sp³-hybridized carbons (Fsp3) is 0.774. The lowest BCUT2D eigenvalue weighted by Gasteiger charge is -2.51. The summed E-state index contributed by atoms with van der Waals surface area (Å²) in [6.07, 6.45) is 5.94. The number of esters is 1. The second-order valence-electron chi connectivity index (χ2n) is 12.6. The summed E-state index contributed by atoms with van der Waals surface area (Å²) in [5.74, 6) is -4.02. The summed E-state index contributed by atoms with van der Waals surface area (Å²) in [5.41, 5.74) is -3.76. The molecule has 0 heterocycles. The van der Waals surface area contributed by atoms with Gasteiger partial charge in [0.25, 0.3) is 0 Å². The van der Waals surface area contributed by atoms with Crippen LogP contribution >= 0.6 is 0 Å². The standard InChI is InChI=1S/C31H46O8/c1-7-9-11-21(38-6)28(35)29(5)24-20-14-19(16-32)15-30(36)22(13-17(3)27(30)34)31(20,37)18(4)26(25(24)29)39-23(33)12-10-8-2/h13-14,18,20-22,24-26,32,36-37H,7-12,15-16H2,1-6H3/t18-,20+,21?,22-,24+,25?,26-,29?,30-,31-/m1/s1. The molecule has 2 fully saturated rings. The molecule has 0 aromatic rings. The van der Waals surface area contributed by atoms with Crippen molar-refractivity contribution in [2.75, 3.05) is 13.7 Å². The van der Waals surface area contributed by atoms with Crippen LogP contribution in [-0.4, -0.2) is 70.0 Å². The maximum absolute atomic E-state index is 14.1. The molecule has 218 valence electrons. The maximum atomic E-state index is 14.1. The lowest BCUT2D eigenvalue weighted by atomic mass is 9.59. The summed E-state index contributed by atoms with van der Waals surface area (Å²) in [6, 6.07) is 0. The molecular weight excluding hydrogens is 500 g/mol. The van der Waals surface area contributed by atoms with Crippen LogP contribution in [0.1, 0.15) is 79.6 Å². The van der Waals surface area contributed by atoms with Gasteiger partial charge in [0.2, 0.25) is 0 Å². The van der Waals surface area contributed by atoms with Crippen molar-refractivity contribution < 1.29 is 39.2 Å². The highest BCUT2D eigenvalue weighted by atomic mass is 16.5. The highest BCUT2D eigenvalue weighted by molar-refractivity contribution is 6.05. The van der Waals surface area contributed by atoms with E-state index in [-0.39, 0.29) is 37.1 Å². The Bertz CT molecular complexity index is 1060. The summed E-state index contributed by atoms with van der Waals surface area (Å²) in [4.78, 5) is 40.3. The zero-order valence-corrected chi connectivity index (χ0v) is 24.2. The third kappa shape index (κ3) is 4.46. The van der Waals surface area contributed by atoms with Gasteiger partial charge in [-0.3, -0.25) is 14.4 Å². The van der Waals surface area contributed by atoms with Crippen LogP contribution < -0.4 is 0 Å². The molecule has 8 nitrogen and oxygen atoms in total. The SMILES string of the molecule is CCCCC(=O)O[C@H]1C2[C@H]([C@@H]3C=C(CO)C[C@]4(O)C(=O)C(C)=C[C@H]4[C@@]3(O)[C@@H]1C)C2(C)C(=O)C(CCCC)OC. The van der Waals surface area contributed by atoms with Crippen molar-refractivity contribution in [1.82, 2.24) is 0 Å². The van der Waals surface area contributed by atoms with Gasteiger partial charge in [-0.25, -0.2) is 0 Å². The van der Waals surface area contributed by atoms with Crippen molar-refractivity contribution >= 4 is 17.5 Å². The van der Waals surface area contributed by atoms with Crippen molar-refractivity contribution in [3.63, 3.8) is 0 Å². The van der Waals surface area contributed by atoms with Crippen LogP contribution in [0.2, 0.25) is 0 Å². The van der Waals surface area contributed by atoms with Crippen molar-refractivity contribution in [2.24, 2.45) is 35.0 Å². The minimum Gasteiger partial charge on any atom is -0.462 e. The molecule has 0 saturated heterocycles. The fourth-order valence-electron chi connectivity index (χ4n) is 8.16. The first-order valence-electron chi connectivity index (χ1n) is 14.6. The van der Waals surface area contributed by atoms with Crippen LogP contribution in [0.4, 0.5) is 0 Å². The molecule has 39 heavy (non-hydrogen) atoms. The monoisotopic (exact) mass is 546 g/mol. The normalized spacial score (nSPS) is 41.4. The van der Waals surface area contributed by atoms with E-state index in [2.05, 4.69) is 6.92 Å². The minimum absolute atomic E-state index is 0.0767. The van der Waals surface area contributed by atoms with Gasteiger partial charge < -0.3 is 24.8 Å². The Hall–Kier alpha value is -1.87. The molecular formula is C31H46O8. The molecule has 0 aromatic carbocycles. The molecule has 0 spiro atoms. The third-order valence-electron chi connectivity index (χ3n) is 10.4. The number of hydrogen-bond donors (Lipinski definition) is 3. The number of ether oxygens (including phenoxy) is 2. The number of fused-ring (bicyclic) bond motifs is 5. The van der Waals surface area contributed by atoms with Crippen molar-refractivity contribution in [3.8, 4) is 0 Å². The Labute approximate surface area is 231 Å². The van der Waals surface area contributed by atoms with E-state index >= 15 is 0 Å². The Morgan fingerprint density at radius 2 is 1.79 bits per heavy atom. The molecule has 10 atom stereocenters. The molecule has 3 N–H and O–H groups in total. The molecule has 0 radical (unpaired) electrons. The molecule has 4 rings (SSSR count). The Balaban J connectivity index is 1.85. The van der Waals surface area contributed by atoms with Gasteiger partial charge in [0.05, 0.1) is 12.2 Å². The van der Waals surface area contributed by atoms with Crippen LogP contribution in [0.15, 0.2) is 23.3 Å². The zero-order chi connectivity index (χ0) is 28.9. The summed E-state index contributed by atoms with van der Waals surface area (Å²) >= 11 is 0. The summed E-state index contributed by atoms with van der Waals surface area (Å²) in [5, 5.41) is 34.7. The molecule has 0 aliphatic heterocycles. The van der Waals surface area contributed by atoms with E-state index in [4.69, 9.17) is 9.47 Å². The molecule has 2 saturated carbocycles. The highest BCUT2D eigenvalue weighted by Crippen LogP contribution is 2.74. The van der Waals surface area contributed by atoms with Crippen molar-refractivity contribution in [2.45, 2.75) is 103 Å². The van der Waals surface area contributed by atoms with Gasteiger partial charge in [-0.05, 0) is 36.8 Å². The van der Waals surface area contributed by atoms with Gasteiger partial charge in [0.1, 0.15) is 17.8 Å². The number of ketones is 2. The quantitative estimate of drug-likeness (QED) is 0.266. The number of rotatable bonds is 11. The first-order valence-corrected chi connectivity index (χ1v) is 14.6. The summed E-state index contributed by atoms with van der Waals surface area (Å²) in [6.45, 7) is 8.95. The lowest BCUT2D eigenvalue weighted by Crippen LogP contribution is -2.62. The maximum Gasteiger partial charge on any atom is 0.306 e. The predicted molar refractivity (Wildman–Crippen MR) is 144 cm³/mol. The number of aliphatic hydroxyl groups excluding tert-OH is 1. The number of unbranched alkanes of at least 4 members (excludes halogenated alkanes) is 2. The molecule has 4 aliphatic carbocycles. The van der Waals surface area contributed by atoms with Crippen molar-refractivity contribution in [1.29, 1.82) is 0 Å². The molecule has 0 amide bonds. The minimum atomic E-state index is -1.93. The highest BCUT2D eigenvalue weighted by Gasteiger charge is 2.81. The second kappa shape index (κ2) is 10.8. The zero-order valence-electron chi connectivity index (χ0n) is 24.2. The first-order chi connectivity index (χ1) is 18.4. The molecule has 8 heteroatoms. The van der Waals surface area contributed by atoms with E-state index in [0.29, 0.717) is 24.0 Å². The van der Waals surface area contributed by atoms with Gasteiger partial charge in [-0.2, -0.15) is 0 Å². The number of aliphatic hydroxyl groups is 3. The number of hydrogen-bond acceptors (Lipinski definition) is 8. The van der Waals surface area contributed by atoms with Crippen molar-refractivity contribution in [3.05, 3.63) is 23.3 Å². The van der Waals surface area contributed by atoms with Crippen LogP contribution in [0.3, 0.4) is 0 Å². The van der Waals surface area contributed by atoms with Crippen LogP contribution in [0, 0.1) is 35.0 Å². The van der Waals surface area contributed by atoms with E-state index in [0.717, 1.165) is 19.3 Å². The van der Waals surface area contributed by atoms with E-state index < -0.39 is 58.3 Å². The van der Waals surface area contributed by atoms with Crippen LogP contribution in [0.5, 0.6) is 0 Å². The fourth-order valence-corrected chi connectivity index (χ4v) is 8.16. The second-order valence-corrected chi connectivity index (χ2v) is 12.6. The molecule has 3 unspecified atom stereocenters. The molecule has 4 aliphatic rings. The van der Waals surface area contributed by atoms with Gasteiger partial charge in [0, 0.05) is 49.0 Å². The van der Waals surface area contributed by atoms with E-state index in [1.165, 1.54) is 7.11 Å². The smallest absolute Gasteiger partial charge is 0.306 e. The number of Topliss-reactive ketones (excluding diaryl/α,β-unsaturated/α-hetero) is 2. The van der Waals surface area contributed by atoms with E-state index in [9.17, 15) is 29.7 Å². The largest absolute Gasteiger partial charge is 0.462 e. The molecule has 0 aromatic heterocycles. The number of methoxy groups -OCH3 is 1. The first kappa shape index (κ1) is 30.1. The van der Waals surface area contributed by atoms with Gasteiger partial charge in [0.15, 0.2) is 11.6 Å². The lowest BCUT2D eigenvalue weighted by molar-refractivity contribution is -0.198. The van der Waals surface area contributed by atoms with Gasteiger partial charge in [-0.15, -0.1) is 0 Å². The average molecular weight is 547 g/mol. The Morgan fingerprint density at radius 3 is 2.38 bits per heavy atom. The predicted octanol–water partition coefficient (Wildman–Crippen LogP) is 3.31. The van der Waals surface area contributed by atoms with E-state index in [1.807, 2.05) is 13.8 Å². The summed E-state index contributed by atoms with van der Waals surface area (Å²) in [7, 11) is 1.53. The van der Waals surface area contributed by atoms with Gasteiger partial charge >= 0.3 is 5.97 Å². The van der Waals surface area contributed by atoms with Gasteiger partial charge in [-0.1, -0.05) is 59.1 Å². The van der Waals surface area contributed by atoms with E-state index in [1.54, 1.807) is 26.0 Å². The summed E-state index contributed by atoms with van der Waals surface area (Å²) < 4.78 is 11.7. The molecule has 0 bridgehead atoms. The Kier molecular flexibility index (Phi) is 8.37. The number of carbonyl (C=O) groups excluding carboxylic acids is 3. The van der Waals surface area contributed by atoms with Crippen LogP contribution in [0.25, 0.3) is 0 Å². The van der Waals surface area contributed by atoms with Crippen LogP contribution in [-0.2, 0) is 23.9 Å². The Morgan fingerprint density at radius 1 is 1.13 bits per heavy atom. The third-order valence-corrected chi connectivity index (χ3v) is 10.4. The average Bonchev–Trinajstić information content (AvgIpc) is 3.49.